The zero-order valence-electron chi connectivity index (χ0n) is 11.4. The van der Waals surface area contributed by atoms with E-state index in [0.29, 0.717) is 6.07 Å². The highest BCUT2D eigenvalue weighted by atomic mass is 79.9. The molecule has 1 aromatic carbocycles. The first-order chi connectivity index (χ1) is 9.84. The van der Waals surface area contributed by atoms with Crippen molar-refractivity contribution in [2.24, 2.45) is 0 Å². The van der Waals surface area contributed by atoms with Gasteiger partial charge in [-0.3, -0.25) is 4.79 Å². The second-order valence-corrected chi connectivity index (χ2v) is 6.34. The van der Waals surface area contributed by atoms with Gasteiger partial charge in [0, 0.05) is 17.9 Å². The molecule has 21 heavy (non-hydrogen) atoms. The summed E-state index contributed by atoms with van der Waals surface area (Å²) in [7, 11) is 1.49. The Morgan fingerprint density at radius 1 is 1.29 bits per heavy atom. The largest absolute Gasteiger partial charge is 0.503 e. The Labute approximate surface area is 128 Å². The first-order valence-electron chi connectivity index (χ1n) is 6.62. The fourth-order valence-electron chi connectivity index (χ4n) is 2.59. The van der Waals surface area contributed by atoms with Crippen molar-refractivity contribution in [1.82, 2.24) is 4.90 Å². The summed E-state index contributed by atoms with van der Waals surface area (Å²) < 4.78 is 40.1. The molecular weight excluding hydrogens is 351 g/mol. The Hall–Kier alpha value is -1.24. The number of hydrogen-bond donors (Lipinski definition) is 1. The number of phenols is 1. The molecule has 1 aliphatic carbocycles. The monoisotopic (exact) mass is 365 g/mol. The summed E-state index contributed by atoms with van der Waals surface area (Å²) in [5.74, 6) is -6.83. The fourth-order valence-corrected chi connectivity index (χ4v) is 3.53. The topological polar surface area (TPSA) is 40.5 Å². The van der Waals surface area contributed by atoms with Gasteiger partial charge in [-0.15, -0.1) is 0 Å². The SMILES string of the molecule is CN(C(=O)c1cc(F)c(F)c(O)c1F)C1CCCCC1Br. The number of amides is 1. The molecule has 1 saturated carbocycles. The molecule has 7 heteroatoms. The molecule has 0 aromatic heterocycles. The molecular formula is C14H15BrF3NO2. The van der Waals surface area contributed by atoms with Crippen LogP contribution in [-0.2, 0) is 0 Å². The number of aromatic hydroxyl groups is 1. The Balaban J connectivity index is 2.31. The van der Waals surface area contributed by atoms with Crippen LogP contribution in [0.2, 0.25) is 0 Å². The predicted molar refractivity (Wildman–Crippen MR) is 75.0 cm³/mol. The van der Waals surface area contributed by atoms with Crippen molar-refractivity contribution < 1.29 is 23.1 Å². The lowest BCUT2D eigenvalue weighted by Crippen LogP contribution is -2.44. The fraction of sp³-hybridized carbons (Fsp3) is 0.500. The number of phenolic OH excluding ortho intramolecular Hbond substituents is 1. The number of carbonyl (C=O) groups excluding carboxylic acids is 1. The van der Waals surface area contributed by atoms with E-state index >= 15 is 0 Å². The normalized spacial score (nSPS) is 22.1. The lowest BCUT2D eigenvalue weighted by molar-refractivity contribution is 0.0698. The first-order valence-corrected chi connectivity index (χ1v) is 7.53. The van der Waals surface area contributed by atoms with E-state index in [-0.39, 0.29) is 10.9 Å². The Bertz CT molecular complexity index is 568. The van der Waals surface area contributed by atoms with Crippen LogP contribution in [0.4, 0.5) is 13.2 Å². The summed E-state index contributed by atoms with van der Waals surface area (Å²) in [6.07, 6.45) is 3.61. The van der Waals surface area contributed by atoms with Gasteiger partial charge in [0.15, 0.2) is 17.4 Å². The minimum Gasteiger partial charge on any atom is -0.503 e. The molecule has 2 unspecified atom stereocenters. The van der Waals surface area contributed by atoms with Gasteiger partial charge in [0.05, 0.1) is 5.56 Å². The van der Waals surface area contributed by atoms with Crippen LogP contribution in [0.1, 0.15) is 36.0 Å². The summed E-state index contributed by atoms with van der Waals surface area (Å²) in [5.41, 5.74) is -0.667. The lowest BCUT2D eigenvalue weighted by Gasteiger charge is -2.35. The number of benzene rings is 1. The molecule has 0 spiro atoms. The maximum Gasteiger partial charge on any atom is 0.257 e. The summed E-state index contributed by atoms with van der Waals surface area (Å²) in [6.45, 7) is 0. The van der Waals surface area contributed by atoms with Gasteiger partial charge in [-0.2, -0.15) is 4.39 Å². The lowest BCUT2D eigenvalue weighted by atomic mass is 9.94. The van der Waals surface area contributed by atoms with Crippen molar-refractivity contribution in [2.45, 2.75) is 36.6 Å². The van der Waals surface area contributed by atoms with Crippen LogP contribution in [0.3, 0.4) is 0 Å². The molecule has 1 fully saturated rings. The molecule has 1 aromatic rings. The van der Waals surface area contributed by atoms with Crippen LogP contribution >= 0.6 is 15.9 Å². The van der Waals surface area contributed by atoms with Crippen LogP contribution in [0.25, 0.3) is 0 Å². The van der Waals surface area contributed by atoms with Gasteiger partial charge in [-0.05, 0) is 18.9 Å². The van der Waals surface area contributed by atoms with E-state index < -0.39 is 34.7 Å². The smallest absolute Gasteiger partial charge is 0.257 e. The summed E-state index contributed by atoms with van der Waals surface area (Å²) in [4.78, 5) is 13.7. The van der Waals surface area contributed by atoms with Crippen molar-refractivity contribution in [2.75, 3.05) is 7.05 Å². The van der Waals surface area contributed by atoms with E-state index in [1.165, 1.54) is 11.9 Å². The van der Waals surface area contributed by atoms with Gasteiger partial charge in [0.1, 0.15) is 0 Å². The van der Waals surface area contributed by atoms with Crippen molar-refractivity contribution in [3.05, 3.63) is 29.1 Å². The van der Waals surface area contributed by atoms with Crippen LogP contribution in [0.5, 0.6) is 5.75 Å². The number of rotatable bonds is 2. The molecule has 1 aliphatic rings. The predicted octanol–water partition coefficient (Wildman–Crippen LogP) is 3.59. The minimum atomic E-state index is -1.69. The van der Waals surface area contributed by atoms with E-state index in [0.717, 1.165) is 25.7 Å². The Morgan fingerprint density at radius 2 is 1.90 bits per heavy atom. The molecule has 0 radical (unpaired) electrons. The van der Waals surface area contributed by atoms with E-state index in [1.54, 1.807) is 0 Å². The summed E-state index contributed by atoms with van der Waals surface area (Å²) in [6, 6.07) is 0.329. The summed E-state index contributed by atoms with van der Waals surface area (Å²) in [5, 5.41) is 9.19. The van der Waals surface area contributed by atoms with E-state index in [2.05, 4.69) is 15.9 Å². The summed E-state index contributed by atoms with van der Waals surface area (Å²) >= 11 is 3.48. The minimum absolute atomic E-state index is 0.0714. The van der Waals surface area contributed by atoms with E-state index in [1.807, 2.05) is 0 Å². The van der Waals surface area contributed by atoms with Gasteiger partial charge in [0.25, 0.3) is 5.91 Å². The van der Waals surface area contributed by atoms with Gasteiger partial charge in [-0.1, -0.05) is 28.8 Å². The van der Waals surface area contributed by atoms with Crippen molar-refractivity contribution in [3.63, 3.8) is 0 Å². The average Bonchev–Trinajstić information content (AvgIpc) is 2.48. The number of hydrogen-bond acceptors (Lipinski definition) is 2. The van der Waals surface area contributed by atoms with Crippen LogP contribution in [0.15, 0.2) is 6.07 Å². The average molecular weight is 366 g/mol. The maximum atomic E-state index is 13.8. The number of alkyl halides is 1. The molecule has 1 N–H and O–H groups in total. The van der Waals surface area contributed by atoms with Crippen molar-refractivity contribution in [1.29, 1.82) is 0 Å². The van der Waals surface area contributed by atoms with Gasteiger partial charge >= 0.3 is 0 Å². The van der Waals surface area contributed by atoms with Gasteiger partial charge in [-0.25, -0.2) is 8.78 Å². The number of carbonyl (C=O) groups is 1. The number of halogens is 4. The van der Waals surface area contributed by atoms with Gasteiger partial charge < -0.3 is 10.0 Å². The Morgan fingerprint density at radius 3 is 2.52 bits per heavy atom. The zero-order chi connectivity index (χ0) is 15.7. The van der Waals surface area contributed by atoms with Crippen molar-refractivity contribution in [3.8, 4) is 5.75 Å². The standard InChI is InChI=1S/C14H15BrF3NO2/c1-19(10-5-3-2-4-8(10)15)14(21)7-6-9(16)12(18)13(20)11(7)17/h6,8,10,20H,2-5H2,1H3. The van der Waals surface area contributed by atoms with Crippen LogP contribution in [-0.4, -0.2) is 33.8 Å². The second kappa shape index (κ2) is 6.25. The molecule has 0 saturated heterocycles. The quantitative estimate of drug-likeness (QED) is 0.642. The second-order valence-electron chi connectivity index (χ2n) is 5.17. The molecule has 116 valence electrons. The molecule has 0 heterocycles. The third kappa shape index (κ3) is 3.02. The Kier molecular flexibility index (Phi) is 4.81. The molecule has 0 bridgehead atoms. The van der Waals surface area contributed by atoms with E-state index in [4.69, 9.17) is 0 Å². The zero-order valence-corrected chi connectivity index (χ0v) is 13.0. The van der Waals surface area contributed by atoms with E-state index in [9.17, 15) is 23.1 Å². The first kappa shape index (κ1) is 16.1. The van der Waals surface area contributed by atoms with Crippen LogP contribution in [0, 0.1) is 17.5 Å². The molecule has 2 atom stereocenters. The third-order valence-electron chi connectivity index (χ3n) is 3.83. The van der Waals surface area contributed by atoms with Gasteiger partial charge in [0.2, 0.25) is 5.82 Å². The molecule has 3 nitrogen and oxygen atoms in total. The van der Waals surface area contributed by atoms with Crippen LogP contribution < -0.4 is 0 Å². The molecule has 2 rings (SSSR count). The molecule has 1 amide bonds. The highest BCUT2D eigenvalue weighted by Crippen LogP contribution is 2.31. The van der Waals surface area contributed by atoms with Crippen molar-refractivity contribution >= 4 is 21.8 Å². The highest BCUT2D eigenvalue weighted by Gasteiger charge is 2.32. The third-order valence-corrected chi connectivity index (χ3v) is 4.90. The maximum absolute atomic E-state index is 13.8. The molecule has 0 aliphatic heterocycles. The highest BCUT2D eigenvalue weighted by molar-refractivity contribution is 9.09. The number of nitrogens with zero attached hydrogens (tertiary/aromatic N) is 1.